The molecule has 2 aliphatic heterocycles. The van der Waals surface area contributed by atoms with Crippen molar-refractivity contribution in [2.24, 2.45) is 5.92 Å². The van der Waals surface area contributed by atoms with Crippen LogP contribution in [0.5, 0.6) is 5.75 Å². The van der Waals surface area contributed by atoms with Gasteiger partial charge in [-0.2, -0.15) is 0 Å². The molecule has 9 heteroatoms. The summed E-state index contributed by atoms with van der Waals surface area (Å²) in [6.45, 7) is 0.432. The lowest BCUT2D eigenvalue weighted by Gasteiger charge is -2.31. The van der Waals surface area contributed by atoms with Crippen molar-refractivity contribution >= 4 is 21.4 Å². The maximum Gasteiger partial charge on any atom is 0.573 e. The van der Waals surface area contributed by atoms with Crippen LogP contribution in [0.3, 0.4) is 0 Å². The van der Waals surface area contributed by atoms with E-state index in [1.54, 1.807) is 0 Å². The van der Waals surface area contributed by atoms with Crippen LogP contribution in [0.1, 0.15) is 18.4 Å². The zero-order chi connectivity index (χ0) is 17.5. The van der Waals surface area contributed by atoms with Crippen molar-refractivity contribution in [3.05, 3.63) is 23.8 Å². The van der Waals surface area contributed by atoms with Crippen LogP contribution in [0, 0.1) is 5.92 Å². The van der Waals surface area contributed by atoms with E-state index in [-0.39, 0.29) is 23.2 Å². The van der Waals surface area contributed by atoms with Crippen LogP contribution >= 0.6 is 0 Å². The van der Waals surface area contributed by atoms with Crippen molar-refractivity contribution in [1.82, 2.24) is 0 Å². The van der Waals surface area contributed by atoms with Gasteiger partial charge in [0.25, 0.3) is 0 Å². The van der Waals surface area contributed by atoms with E-state index in [0.717, 1.165) is 0 Å². The highest BCUT2D eigenvalue weighted by Gasteiger charge is 2.37. The Bertz CT molecular complexity index is 760. The molecular formula is C15H16F3NO4S. The normalized spacial score (nSPS) is 23.0. The van der Waals surface area contributed by atoms with Gasteiger partial charge in [-0.25, -0.2) is 8.42 Å². The highest BCUT2D eigenvalue weighted by molar-refractivity contribution is 7.91. The van der Waals surface area contributed by atoms with E-state index < -0.39 is 22.1 Å². The summed E-state index contributed by atoms with van der Waals surface area (Å²) in [5.74, 6) is -1.33. The summed E-state index contributed by atoms with van der Waals surface area (Å²) in [6.07, 6.45) is -3.33. The third kappa shape index (κ3) is 3.66. The zero-order valence-corrected chi connectivity index (χ0v) is 13.5. The van der Waals surface area contributed by atoms with Crippen LogP contribution in [0.4, 0.5) is 18.9 Å². The molecule has 0 spiro atoms. The van der Waals surface area contributed by atoms with Crippen molar-refractivity contribution in [2.45, 2.75) is 25.6 Å². The fourth-order valence-corrected chi connectivity index (χ4v) is 4.94. The maximum absolute atomic E-state index is 12.6. The summed E-state index contributed by atoms with van der Waals surface area (Å²) in [5.41, 5.74) is 1.13. The molecule has 5 nitrogen and oxygen atoms in total. The van der Waals surface area contributed by atoms with E-state index in [2.05, 4.69) is 4.74 Å². The predicted molar refractivity (Wildman–Crippen MR) is 80.6 cm³/mol. The van der Waals surface area contributed by atoms with Crippen LogP contribution in [0.2, 0.25) is 0 Å². The second kappa shape index (κ2) is 5.94. The number of anilines is 1. The lowest BCUT2D eigenvalue weighted by molar-refractivity contribution is -0.274. The molecule has 1 amide bonds. The van der Waals surface area contributed by atoms with Crippen LogP contribution in [0.25, 0.3) is 0 Å². The molecule has 0 N–H and O–H groups in total. The molecule has 0 saturated carbocycles. The molecule has 1 aromatic carbocycles. The van der Waals surface area contributed by atoms with Crippen LogP contribution in [-0.2, 0) is 21.1 Å². The molecule has 0 radical (unpaired) electrons. The average Bonchev–Trinajstić information content (AvgIpc) is 2.84. The largest absolute Gasteiger partial charge is 0.573 e. The van der Waals surface area contributed by atoms with E-state index in [1.165, 1.54) is 23.1 Å². The van der Waals surface area contributed by atoms with E-state index in [0.29, 0.717) is 37.1 Å². The van der Waals surface area contributed by atoms with Gasteiger partial charge in [0, 0.05) is 12.2 Å². The molecule has 1 saturated heterocycles. The summed E-state index contributed by atoms with van der Waals surface area (Å²) < 4.78 is 64.0. The number of hydrogen-bond donors (Lipinski definition) is 0. The molecule has 2 heterocycles. The minimum atomic E-state index is -4.77. The maximum atomic E-state index is 12.6. The fraction of sp³-hybridized carbons (Fsp3) is 0.533. The van der Waals surface area contributed by atoms with Crippen molar-refractivity contribution in [3.63, 3.8) is 0 Å². The highest BCUT2D eigenvalue weighted by Crippen LogP contribution is 2.34. The van der Waals surface area contributed by atoms with E-state index in [1.807, 2.05) is 0 Å². The summed E-state index contributed by atoms with van der Waals surface area (Å²) in [6, 6.07) is 3.88. The van der Waals surface area contributed by atoms with Gasteiger partial charge in [0.1, 0.15) is 5.75 Å². The van der Waals surface area contributed by atoms with Gasteiger partial charge in [0.15, 0.2) is 9.84 Å². The van der Waals surface area contributed by atoms with Gasteiger partial charge in [0.05, 0.1) is 17.4 Å². The zero-order valence-electron chi connectivity index (χ0n) is 12.7. The van der Waals surface area contributed by atoms with Gasteiger partial charge in [-0.1, -0.05) is 0 Å². The van der Waals surface area contributed by atoms with E-state index in [9.17, 15) is 26.4 Å². The molecular weight excluding hydrogens is 347 g/mol. The average molecular weight is 363 g/mol. The number of fused-ring (bicyclic) bond motifs is 1. The number of sulfone groups is 1. The smallest absolute Gasteiger partial charge is 0.406 e. The Morgan fingerprint density at radius 3 is 2.67 bits per heavy atom. The lowest BCUT2D eigenvalue weighted by Crippen LogP contribution is -2.40. The van der Waals surface area contributed by atoms with Crippen molar-refractivity contribution < 1.29 is 31.1 Å². The summed E-state index contributed by atoms with van der Waals surface area (Å²) in [4.78, 5) is 14.1. The number of ether oxygens (including phenoxy) is 1. The SMILES string of the molecule is O=C(C1CCS(=O)(=O)C1)N1CCCc2cc(OC(F)(F)F)ccc21. The Morgan fingerprint density at radius 2 is 2.04 bits per heavy atom. The Labute approximate surface area is 137 Å². The molecule has 0 bridgehead atoms. The number of alkyl halides is 3. The van der Waals surface area contributed by atoms with Gasteiger partial charge in [-0.3, -0.25) is 4.79 Å². The van der Waals surface area contributed by atoms with Gasteiger partial charge in [-0.05, 0) is 43.0 Å². The lowest BCUT2D eigenvalue weighted by atomic mass is 9.99. The van der Waals surface area contributed by atoms with Gasteiger partial charge < -0.3 is 9.64 Å². The third-order valence-electron chi connectivity index (χ3n) is 4.25. The summed E-state index contributed by atoms with van der Waals surface area (Å²) >= 11 is 0. The molecule has 132 valence electrons. The van der Waals surface area contributed by atoms with Gasteiger partial charge in [0.2, 0.25) is 5.91 Å². The molecule has 1 unspecified atom stereocenters. The third-order valence-corrected chi connectivity index (χ3v) is 6.02. The predicted octanol–water partition coefficient (Wildman–Crippen LogP) is 2.30. The quantitative estimate of drug-likeness (QED) is 0.809. The number of hydrogen-bond acceptors (Lipinski definition) is 4. The molecule has 3 rings (SSSR count). The second-order valence-corrected chi connectivity index (χ2v) is 8.26. The standard InChI is InChI=1S/C15H16F3NO4S/c16-15(17,18)23-12-3-4-13-10(8-12)2-1-6-19(13)14(20)11-5-7-24(21,22)9-11/h3-4,8,11H,1-2,5-7,9H2. The first-order valence-corrected chi connectivity index (χ1v) is 9.37. The van der Waals surface area contributed by atoms with Crippen LogP contribution in [0.15, 0.2) is 18.2 Å². The number of benzene rings is 1. The minimum Gasteiger partial charge on any atom is -0.406 e. The molecule has 1 atom stereocenters. The first kappa shape index (κ1) is 17.1. The molecule has 0 aliphatic carbocycles. The van der Waals surface area contributed by atoms with E-state index >= 15 is 0 Å². The summed E-state index contributed by atoms with van der Waals surface area (Å²) in [7, 11) is -3.18. The summed E-state index contributed by atoms with van der Waals surface area (Å²) in [5, 5.41) is 0. The van der Waals surface area contributed by atoms with Gasteiger partial charge >= 0.3 is 6.36 Å². The number of halogens is 3. The monoisotopic (exact) mass is 363 g/mol. The first-order chi connectivity index (χ1) is 11.1. The molecule has 0 aromatic heterocycles. The number of carbonyl (C=O) groups excluding carboxylic acids is 1. The highest BCUT2D eigenvalue weighted by atomic mass is 32.2. The van der Waals surface area contributed by atoms with E-state index in [4.69, 9.17) is 0 Å². The number of carbonyl (C=O) groups is 1. The van der Waals surface area contributed by atoms with Crippen LogP contribution in [-0.4, -0.2) is 38.7 Å². The molecule has 1 fully saturated rings. The first-order valence-electron chi connectivity index (χ1n) is 7.55. The Balaban J connectivity index is 1.83. The van der Waals surface area contributed by atoms with Crippen molar-refractivity contribution in [1.29, 1.82) is 0 Å². The van der Waals surface area contributed by atoms with Crippen molar-refractivity contribution in [2.75, 3.05) is 23.0 Å². The Morgan fingerprint density at radius 1 is 1.29 bits per heavy atom. The molecule has 1 aromatic rings. The minimum absolute atomic E-state index is 0.00244. The Kier molecular flexibility index (Phi) is 4.23. The Hall–Kier alpha value is -1.77. The number of rotatable bonds is 2. The number of nitrogens with zero attached hydrogens (tertiary/aromatic N) is 1. The second-order valence-electron chi connectivity index (χ2n) is 6.03. The molecule has 24 heavy (non-hydrogen) atoms. The number of amides is 1. The number of aryl methyl sites for hydroxylation is 1. The topological polar surface area (TPSA) is 63.7 Å². The van der Waals surface area contributed by atoms with Crippen LogP contribution < -0.4 is 9.64 Å². The fourth-order valence-electron chi connectivity index (χ4n) is 3.21. The van der Waals surface area contributed by atoms with Crippen molar-refractivity contribution in [3.8, 4) is 5.75 Å². The van der Waals surface area contributed by atoms with Gasteiger partial charge in [-0.15, -0.1) is 13.2 Å². The molecule has 2 aliphatic rings.